The minimum atomic E-state index is -0.264. The molecule has 0 spiro atoms. The molecule has 0 radical (unpaired) electrons. The van der Waals surface area contributed by atoms with Crippen molar-refractivity contribution >= 4 is 50.7 Å². The highest BCUT2D eigenvalue weighted by molar-refractivity contribution is 9.10. The number of rotatable bonds is 8. The van der Waals surface area contributed by atoms with Crippen LogP contribution in [0.15, 0.2) is 40.9 Å². The molecule has 0 atom stereocenters. The monoisotopic (exact) mass is 443 g/mol. The average molecular weight is 445 g/mol. The summed E-state index contributed by atoms with van der Waals surface area (Å²) in [4.78, 5) is 12.4. The van der Waals surface area contributed by atoms with Crippen molar-refractivity contribution in [2.75, 3.05) is 11.9 Å². The smallest absolute Gasteiger partial charge is 0.255 e. The molecular weight excluding hydrogens is 425 g/mol. The lowest BCUT2D eigenvalue weighted by molar-refractivity contribution is 0.102. The number of hydrogen-bond donors (Lipinski definition) is 1. The van der Waals surface area contributed by atoms with Crippen LogP contribution >= 0.6 is 39.1 Å². The van der Waals surface area contributed by atoms with E-state index in [9.17, 15) is 4.79 Å². The molecule has 0 saturated carbocycles. The molecule has 2 aromatic rings. The summed E-state index contributed by atoms with van der Waals surface area (Å²) in [5.74, 6) is 0.466. The van der Waals surface area contributed by atoms with E-state index in [-0.39, 0.29) is 5.91 Å². The van der Waals surface area contributed by atoms with Crippen molar-refractivity contribution in [3.8, 4) is 5.75 Å². The Morgan fingerprint density at radius 3 is 2.64 bits per heavy atom. The Balaban J connectivity index is 1.99. The van der Waals surface area contributed by atoms with Gasteiger partial charge in [0.2, 0.25) is 0 Å². The van der Waals surface area contributed by atoms with E-state index < -0.39 is 0 Å². The van der Waals surface area contributed by atoms with E-state index in [0.29, 0.717) is 27.9 Å². The molecule has 0 saturated heterocycles. The number of unbranched alkanes of at least 4 members (excludes halogenated alkanes) is 3. The average Bonchev–Trinajstić information content (AvgIpc) is 2.59. The molecular formula is C19H20BrCl2NO2. The van der Waals surface area contributed by atoms with Gasteiger partial charge in [-0.1, -0.05) is 49.4 Å². The van der Waals surface area contributed by atoms with Crippen LogP contribution in [0.1, 0.15) is 43.0 Å². The van der Waals surface area contributed by atoms with Gasteiger partial charge in [-0.25, -0.2) is 0 Å². The Morgan fingerprint density at radius 1 is 1.12 bits per heavy atom. The Hall–Kier alpha value is -1.23. The summed E-state index contributed by atoms with van der Waals surface area (Å²) in [6, 6.07) is 10.2. The zero-order valence-corrected chi connectivity index (χ0v) is 17.0. The third kappa shape index (κ3) is 6.21. The van der Waals surface area contributed by atoms with Crippen LogP contribution in [0.5, 0.6) is 5.75 Å². The number of nitrogens with one attached hydrogen (secondary N) is 1. The Labute approximate surface area is 166 Å². The fourth-order valence-corrected chi connectivity index (χ4v) is 3.09. The van der Waals surface area contributed by atoms with Crippen molar-refractivity contribution in [1.29, 1.82) is 0 Å². The van der Waals surface area contributed by atoms with Gasteiger partial charge < -0.3 is 10.1 Å². The molecule has 0 aliphatic heterocycles. The zero-order valence-electron chi connectivity index (χ0n) is 14.0. The third-order valence-corrected chi connectivity index (χ3v) is 4.81. The largest absolute Gasteiger partial charge is 0.492 e. The number of anilines is 1. The van der Waals surface area contributed by atoms with Gasteiger partial charge in [-0.2, -0.15) is 0 Å². The highest BCUT2D eigenvalue weighted by Gasteiger charge is 2.11. The van der Waals surface area contributed by atoms with Crippen LogP contribution in [-0.4, -0.2) is 12.5 Å². The zero-order chi connectivity index (χ0) is 18.2. The Bertz CT molecular complexity index is 737. The predicted molar refractivity (Wildman–Crippen MR) is 108 cm³/mol. The molecule has 134 valence electrons. The van der Waals surface area contributed by atoms with Crippen LogP contribution in [-0.2, 0) is 0 Å². The van der Waals surface area contributed by atoms with Crippen LogP contribution in [0.4, 0.5) is 5.69 Å². The van der Waals surface area contributed by atoms with Gasteiger partial charge in [0, 0.05) is 10.6 Å². The Kier molecular flexibility index (Phi) is 8.07. The minimum Gasteiger partial charge on any atom is -0.492 e. The van der Waals surface area contributed by atoms with E-state index in [1.54, 1.807) is 36.4 Å². The van der Waals surface area contributed by atoms with Crippen LogP contribution in [0.25, 0.3) is 0 Å². The molecule has 0 aliphatic carbocycles. The molecule has 1 N–H and O–H groups in total. The number of halogens is 3. The summed E-state index contributed by atoms with van der Waals surface area (Å²) in [5.41, 5.74) is 0.979. The Morgan fingerprint density at radius 2 is 1.92 bits per heavy atom. The van der Waals surface area contributed by atoms with Gasteiger partial charge >= 0.3 is 0 Å². The first-order valence-corrected chi connectivity index (χ1v) is 9.75. The second kappa shape index (κ2) is 10.0. The van der Waals surface area contributed by atoms with E-state index in [4.69, 9.17) is 27.9 Å². The number of amides is 1. The lowest BCUT2D eigenvalue weighted by atomic mass is 10.2. The quantitative estimate of drug-likeness (QED) is 0.446. The predicted octanol–water partition coefficient (Wildman–Crippen LogP) is 6.97. The van der Waals surface area contributed by atoms with E-state index in [1.807, 2.05) is 0 Å². The van der Waals surface area contributed by atoms with Crippen molar-refractivity contribution < 1.29 is 9.53 Å². The highest BCUT2D eigenvalue weighted by Crippen LogP contribution is 2.28. The SMILES string of the molecule is CCCCCCOc1ccc(C(=O)Nc2cc(Cl)ccc2Cl)cc1Br. The number of carbonyl (C=O) groups excluding carboxylic acids is 1. The number of ether oxygens (including phenoxy) is 1. The summed E-state index contributed by atoms with van der Waals surface area (Å²) < 4.78 is 6.50. The fraction of sp³-hybridized carbons (Fsp3) is 0.316. The van der Waals surface area contributed by atoms with Gasteiger partial charge in [-0.3, -0.25) is 4.79 Å². The molecule has 2 rings (SSSR count). The van der Waals surface area contributed by atoms with E-state index in [0.717, 1.165) is 23.1 Å². The van der Waals surface area contributed by atoms with Crippen molar-refractivity contribution in [2.45, 2.75) is 32.6 Å². The molecule has 0 aromatic heterocycles. The maximum atomic E-state index is 12.4. The summed E-state index contributed by atoms with van der Waals surface area (Å²) in [6.07, 6.45) is 4.60. The first kappa shape index (κ1) is 20.1. The summed E-state index contributed by atoms with van der Waals surface area (Å²) in [5, 5.41) is 3.70. The maximum absolute atomic E-state index is 12.4. The first-order valence-electron chi connectivity index (χ1n) is 8.20. The summed E-state index contributed by atoms with van der Waals surface area (Å²) in [6.45, 7) is 2.85. The summed E-state index contributed by atoms with van der Waals surface area (Å²) in [7, 11) is 0. The second-order valence-electron chi connectivity index (χ2n) is 5.63. The van der Waals surface area contributed by atoms with Gasteiger partial charge in [0.15, 0.2) is 0 Å². The number of hydrogen-bond acceptors (Lipinski definition) is 2. The minimum absolute atomic E-state index is 0.264. The van der Waals surface area contributed by atoms with Crippen LogP contribution < -0.4 is 10.1 Å². The van der Waals surface area contributed by atoms with Crippen molar-refractivity contribution in [3.05, 3.63) is 56.5 Å². The van der Waals surface area contributed by atoms with E-state index in [1.165, 1.54) is 12.8 Å². The molecule has 0 fully saturated rings. The molecule has 2 aromatic carbocycles. The molecule has 0 heterocycles. The van der Waals surface area contributed by atoms with E-state index in [2.05, 4.69) is 28.2 Å². The maximum Gasteiger partial charge on any atom is 0.255 e. The van der Waals surface area contributed by atoms with Gasteiger partial charge in [0.1, 0.15) is 5.75 Å². The molecule has 3 nitrogen and oxygen atoms in total. The molecule has 25 heavy (non-hydrogen) atoms. The normalized spacial score (nSPS) is 10.6. The van der Waals surface area contributed by atoms with Gasteiger partial charge in [0.05, 0.1) is 21.8 Å². The van der Waals surface area contributed by atoms with Crippen molar-refractivity contribution in [3.63, 3.8) is 0 Å². The molecule has 0 aliphatic rings. The standard InChI is InChI=1S/C19H20BrCl2NO2/c1-2-3-4-5-10-25-18-9-6-13(11-15(18)20)19(24)23-17-12-14(21)7-8-16(17)22/h6-9,11-12H,2-5,10H2,1H3,(H,23,24). The highest BCUT2D eigenvalue weighted by atomic mass is 79.9. The van der Waals surface area contributed by atoms with Crippen LogP contribution in [0, 0.1) is 0 Å². The lowest BCUT2D eigenvalue weighted by Crippen LogP contribution is -2.12. The topological polar surface area (TPSA) is 38.3 Å². The second-order valence-corrected chi connectivity index (χ2v) is 7.33. The third-order valence-electron chi connectivity index (χ3n) is 3.63. The van der Waals surface area contributed by atoms with Gasteiger partial charge in [-0.05, 0) is 58.7 Å². The molecule has 0 unspecified atom stereocenters. The fourth-order valence-electron chi connectivity index (χ4n) is 2.26. The number of benzene rings is 2. The van der Waals surface area contributed by atoms with Crippen LogP contribution in [0.3, 0.4) is 0 Å². The van der Waals surface area contributed by atoms with Gasteiger partial charge in [0.25, 0.3) is 5.91 Å². The number of carbonyl (C=O) groups is 1. The van der Waals surface area contributed by atoms with Crippen LogP contribution in [0.2, 0.25) is 10.0 Å². The van der Waals surface area contributed by atoms with Gasteiger partial charge in [-0.15, -0.1) is 0 Å². The van der Waals surface area contributed by atoms with Crippen molar-refractivity contribution in [2.24, 2.45) is 0 Å². The lowest BCUT2D eigenvalue weighted by Gasteiger charge is -2.11. The molecule has 6 heteroatoms. The van der Waals surface area contributed by atoms with Crippen molar-refractivity contribution in [1.82, 2.24) is 0 Å². The molecule has 1 amide bonds. The molecule has 0 bridgehead atoms. The van der Waals surface area contributed by atoms with E-state index >= 15 is 0 Å². The summed E-state index contributed by atoms with van der Waals surface area (Å²) >= 11 is 15.5. The first-order chi connectivity index (χ1) is 12.0.